The number of rotatable bonds is 2. The van der Waals surface area contributed by atoms with Crippen molar-refractivity contribution in [3.8, 4) is 0 Å². The highest BCUT2D eigenvalue weighted by Gasteiger charge is 2.34. The van der Waals surface area contributed by atoms with Crippen LogP contribution in [0.2, 0.25) is 0 Å². The molecule has 48 valence electrons. The largest absolute Gasteiger partial charge is 0.380 e. The number of methoxy groups -OCH3 is 1. The van der Waals surface area contributed by atoms with Crippen LogP contribution in [0.5, 0.6) is 0 Å². The summed E-state index contributed by atoms with van der Waals surface area (Å²) in [4.78, 5) is 2.27. The fraction of sp³-hybridized carbons (Fsp3) is 1.00. The van der Waals surface area contributed by atoms with Gasteiger partial charge in [-0.1, -0.05) is 0 Å². The molecule has 1 aliphatic rings. The Morgan fingerprint density at radius 3 is 2.38 bits per heavy atom. The van der Waals surface area contributed by atoms with Crippen LogP contribution in [-0.2, 0) is 4.74 Å². The van der Waals surface area contributed by atoms with E-state index in [-0.39, 0.29) is 0 Å². The topological polar surface area (TPSA) is 12.2 Å². The molecule has 0 aliphatic carbocycles. The Labute approximate surface area is 50.4 Å². The molecule has 1 saturated heterocycles. The van der Waals surface area contributed by atoms with E-state index < -0.39 is 0 Å². The van der Waals surface area contributed by atoms with E-state index in [0.717, 1.165) is 0 Å². The summed E-state index contributed by atoms with van der Waals surface area (Å²) < 4.78 is 5.10. The minimum Gasteiger partial charge on any atom is -0.380 e. The molecule has 3 atom stereocenters. The number of likely N-dealkylation sites (N-methyl/N-ethyl adjacent to an activating group) is 1. The standard InChI is InChI=1S/C6H13NO/c1-5(8-3)6-4-7(6)2/h5-6H,4H2,1-3H3/t5-,6-,7?/m0/s1. The van der Waals surface area contributed by atoms with Gasteiger partial charge in [0.2, 0.25) is 0 Å². The summed E-state index contributed by atoms with van der Waals surface area (Å²) in [5, 5.41) is 0. The van der Waals surface area contributed by atoms with E-state index in [1.165, 1.54) is 6.54 Å². The zero-order valence-electron chi connectivity index (χ0n) is 5.72. The smallest absolute Gasteiger partial charge is 0.0710 e. The Morgan fingerprint density at radius 1 is 1.75 bits per heavy atom. The van der Waals surface area contributed by atoms with Gasteiger partial charge in [0.25, 0.3) is 0 Å². The lowest BCUT2D eigenvalue weighted by molar-refractivity contribution is 0.108. The first-order valence-electron chi connectivity index (χ1n) is 2.98. The van der Waals surface area contributed by atoms with Gasteiger partial charge in [-0.2, -0.15) is 0 Å². The van der Waals surface area contributed by atoms with Gasteiger partial charge in [0.1, 0.15) is 0 Å². The summed E-state index contributed by atoms with van der Waals surface area (Å²) in [6, 6.07) is 0.694. The average Bonchev–Trinajstić information content (AvgIpc) is 2.45. The molecule has 0 aromatic rings. The van der Waals surface area contributed by atoms with Gasteiger partial charge in [-0.25, -0.2) is 0 Å². The second-order valence-electron chi connectivity index (χ2n) is 2.45. The Kier molecular flexibility index (Phi) is 1.54. The van der Waals surface area contributed by atoms with Crippen molar-refractivity contribution in [1.29, 1.82) is 0 Å². The Morgan fingerprint density at radius 2 is 2.25 bits per heavy atom. The molecule has 2 heteroatoms. The van der Waals surface area contributed by atoms with E-state index in [9.17, 15) is 0 Å². The van der Waals surface area contributed by atoms with Gasteiger partial charge in [0, 0.05) is 19.7 Å². The molecular weight excluding hydrogens is 102 g/mol. The predicted molar refractivity (Wildman–Crippen MR) is 32.9 cm³/mol. The van der Waals surface area contributed by atoms with E-state index in [2.05, 4.69) is 18.9 Å². The molecule has 1 unspecified atom stereocenters. The van der Waals surface area contributed by atoms with Crippen molar-refractivity contribution >= 4 is 0 Å². The summed E-state index contributed by atoms with van der Waals surface area (Å²) >= 11 is 0. The third kappa shape index (κ3) is 1.01. The van der Waals surface area contributed by atoms with Crippen LogP contribution in [0.1, 0.15) is 6.92 Å². The van der Waals surface area contributed by atoms with Crippen LogP contribution in [0.15, 0.2) is 0 Å². The van der Waals surface area contributed by atoms with Gasteiger partial charge in [-0.15, -0.1) is 0 Å². The van der Waals surface area contributed by atoms with E-state index in [1.54, 1.807) is 7.11 Å². The van der Waals surface area contributed by atoms with E-state index in [0.29, 0.717) is 12.1 Å². The molecule has 0 bridgehead atoms. The summed E-state index contributed by atoms with van der Waals surface area (Å²) in [5.41, 5.74) is 0. The number of hydrogen-bond donors (Lipinski definition) is 0. The Bertz CT molecular complexity index is 82.6. The summed E-state index contributed by atoms with van der Waals surface area (Å²) in [6.07, 6.45) is 0.417. The lowest BCUT2D eigenvalue weighted by Gasteiger charge is -2.05. The van der Waals surface area contributed by atoms with Crippen LogP contribution in [0, 0.1) is 0 Å². The maximum Gasteiger partial charge on any atom is 0.0710 e. The van der Waals surface area contributed by atoms with Crippen molar-refractivity contribution in [3.63, 3.8) is 0 Å². The van der Waals surface area contributed by atoms with E-state index in [4.69, 9.17) is 4.74 Å². The zero-order chi connectivity index (χ0) is 6.15. The lowest BCUT2D eigenvalue weighted by atomic mass is 10.3. The van der Waals surface area contributed by atoms with Crippen molar-refractivity contribution < 1.29 is 4.74 Å². The van der Waals surface area contributed by atoms with E-state index >= 15 is 0 Å². The first-order chi connectivity index (χ1) is 3.75. The minimum atomic E-state index is 0.417. The highest BCUT2D eigenvalue weighted by atomic mass is 16.5. The highest BCUT2D eigenvalue weighted by molar-refractivity contribution is 4.90. The van der Waals surface area contributed by atoms with Gasteiger partial charge in [-0.05, 0) is 14.0 Å². The summed E-state index contributed by atoms with van der Waals surface area (Å²) in [7, 11) is 3.87. The maximum absolute atomic E-state index is 5.10. The van der Waals surface area contributed by atoms with Crippen LogP contribution >= 0.6 is 0 Å². The molecule has 1 fully saturated rings. The fourth-order valence-corrected chi connectivity index (χ4v) is 0.912. The van der Waals surface area contributed by atoms with Crippen LogP contribution in [0.4, 0.5) is 0 Å². The van der Waals surface area contributed by atoms with Crippen LogP contribution in [0.3, 0.4) is 0 Å². The SMILES string of the molecule is CO[C@@H](C)[C@@H]1CN1C. The molecule has 1 aliphatic heterocycles. The molecule has 0 spiro atoms. The molecule has 8 heavy (non-hydrogen) atoms. The zero-order valence-corrected chi connectivity index (χ0v) is 5.72. The molecule has 0 aromatic heterocycles. The summed E-state index contributed by atoms with van der Waals surface area (Å²) in [6.45, 7) is 3.31. The molecular formula is C6H13NO. The summed E-state index contributed by atoms with van der Waals surface area (Å²) in [5.74, 6) is 0. The number of hydrogen-bond acceptors (Lipinski definition) is 2. The molecule has 0 saturated carbocycles. The van der Waals surface area contributed by atoms with Crippen LogP contribution < -0.4 is 0 Å². The third-order valence-corrected chi connectivity index (χ3v) is 1.82. The Balaban J connectivity index is 2.18. The van der Waals surface area contributed by atoms with Gasteiger partial charge in [0.15, 0.2) is 0 Å². The first kappa shape index (κ1) is 6.05. The minimum absolute atomic E-state index is 0.417. The van der Waals surface area contributed by atoms with Crippen molar-refractivity contribution in [2.45, 2.75) is 19.1 Å². The molecule has 0 radical (unpaired) electrons. The first-order valence-corrected chi connectivity index (χ1v) is 2.98. The van der Waals surface area contributed by atoms with Crippen LogP contribution in [-0.4, -0.2) is 37.7 Å². The monoisotopic (exact) mass is 115 g/mol. The number of ether oxygens (including phenoxy) is 1. The number of nitrogens with zero attached hydrogens (tertiary/aromatic N) is 1. The molecule has 0 amide bonds. The van der Waals surface area contributed by atoms with Gasteiger partial charge >= 0.3 is 0 Å². The third-order valence-electron chi connectivity index (χ3n) is 1.82. The average molecular weight is 115 g/mol. The second-order valence-corrected chi connectivity index (χ2v) is 2.45. The predicted octanol–water partition coefficient (Wildman–Crippen LogP) is 0.335. The molecule has 2 nitrogen and oxygen atoms in total. The quantitative estimate of drug-likeness (QED) is 0.481. The van der Waals surface area contributed by atoms with Crippen molar-refractivity contribution in [2.75, 3.05) is 20.7 Å². The fourth-order valence-electron chi connectivity index (χ4n) is 0.912. The van der Waals surface area contributed by atoms with Crippen molar-refractivity contribution in [1.82, 2.24) is 4.90 Å². The second kappa shape index (κ2) is 2.03. The maximum atomic E-state index is 5.10. The molecule has 1 rings (SSSR count). The lowest BCUT2D eigenvalue weighted by Crippen LogP contribution is -2.15. The Hall–Kier alpha value is -0.0800. The van der Waals surface area contributed by atoms with Gasteiger partial charge < -0.3 is 4.74 Å². The molecule has 0 aromatic carbocycles. The van der Waals surface area contributed by atoms with Crippen molar-refractivity contribution in [2.24, 2.45) is 0 Å². The van der Waals surface area contributed by atoms with E-state index in [1.807, 2.05) is 0 Å². The molecule has 0 N–H and O–H groups in total. The normalized spacial score (nSPS) is 39.4. The van der Waals surface area contributed by atoms with Gasteiger partial charge in [-0.3, -0.25) is 4.90 Å². The molecule has 1 heterocycles. The highest BCUT2D eigenvalue weighted by Crippen LogP contribution is 2.18. The van der Waals surface area contributed by atoms with Gasteiger partial charge in [0.05, 0.1) is 6.10 Å². The van der Waals surface area contributed by atoms with Crippen LogP contribution in [0.25, 0.3) is 0 Å². The van der Waals surface area contributed by atoms with Crippen molar-refractivity contribution in [3.05, 3.63) is 0 Å².